The van der Waals surface area contributed by atoms with Gasteiger partial charge in [0.1, 0.15) is 5.82 Å². The van der Waals surface area contributed by atoms with Crippen LogP contribution >= 0.6 is 11.6 Å². The molecule has 3 aromatic rings. The SMILES string of the molecule is O=C(Cl)C(=O)c1cn(Cc2ccccc2F)c2ccccc12. The zero-order valence-electron chi connectivity index (χ0n) is 11.4. The molecule has 0 spiro atoms. The highest BCUT2D eigenvalue weighted by Gasteiger charge is 2.20. The van der Waals surface area contributed by atoms with E-state index in [0.29, 0.717) is 10.9 Å². The van der Waals surface area contributed by atoms with Gasteiger partial charge in [-0.05, 0) is 23.7 Å². The molecule has 0 N–H and O–H groups in total. The van der Waals surface area contributed by atoms with Gasteiger partial charge in [-0.1, -0.05) is 36.4 Å². The van der Waals surface area contributed by atoms with Crippen LogP contribution in [0.2, 0.25) is 0 Å². The highest BCUT2D eigenvalue weighted by molar-refractivity contribution is 6.83. The molecule has 3 nitrogen and oxygen atoms in total. The first-order valence-electron chi connectivity index (χ1n) is 6.63. The molecule has 0 aliphatic heterocycles. The molecule has 2 aromatic carbocycles. The van der Waals surface area contributed by atoms with Crippen molar-refractivity contribution < 1.29 is 14.0 Å². The number of carbonyl (C=O) groups is 2. The lowest BCUT2D eigenvalue weighted by molar-refractivity contribution is -0.108. The van der Waals surface area contributed by atoms with Crippen LogP contribution in [0.3, 0.4) is 0 Å². The average Bonchev–Trinajstić information content (AvgIpc) is 2.88. The summed E-state index contributed by atoms with van der Waals surface area (Å²) in [6, 6.07) is 13.6. The summed E-state index contributed by atoms with van der Waals surface area (Å²) in [4.78, 5) is 23.1. The molecule has 0 fully saturated rings. The lowest BCUT2D eigenvalue weighted by Gasteiger charge is -2.06. The predicted octanol–water partition coefficient (Wildman–Crippen LogP) is 3.78. The van der Waals surface area contributed by atoms with Crippen LogP contribution in [0.15, 0.2) is 54.7 Å². The fraction of sp³-hybridized carbons (Fsp3) is 0.0588. The third-order valence-electron chi connectivity index (χ3n) is 3.51. The minimum atomic E-state index is -1.03. The Morgan fingerprint density at radius 2 is 1.73 bits per heavy atom. The molecule has 110 valence electrons. The van der Waals surface area contributed by atoms with E-state index < -0.39 is 11.0 Å². The summed E-state index contributed by atoms with van der Waals surface area (Å²) in [5.41, 5.74) is 1.47. The largest absolute Gasteiger partial charge is 0.342 e. The third-order valence-corrected chi connectivity index (χ3v) is 3.68. The van der Waals surface area contributed by atoms with E-state index in [9.17, 15) is 14.0 Å². The number of para-hydroxylation sites is 1. The highest BCUT2D eigenvalue weighted by atomic mass is 35.5. The van der Waals surface area contributed by atoms with Gasteiger partial charge in [-0.15, -0.1) is 0 Å². The number of nitrogens with zero attached hydrogens (tertiary/aromatic N) is 1. The summed E-state index contributed by atoms with van der Waals surface area (Å²) in [5, 5.41) is -0.411. The summed E-state index contributed by atoms with van der Waals surface area (Å²) in [7, 11) is 0. The van der Waals surface area contributed by atoms with E-state index in [1.54, 1.807) is 41.1 Å². The summed E-state index contributed by atoms with van der Waals surface area (Å²) in [6.07, 6.45) is 1.54. The normalized spacial score (nSPS) is 10.8. The summed E-state index contributed by atoms with van der Waals surface area (Å²) in [6.45, 7) is 0.261. The first-order chi connectivity index (χ1) is 10.6. The maximum Gasteiger partial charge on any atom is 0.293 e. The first kappa shape index (κ1) is 14.5. The number of Topliss-reactive ketones (excluding diaryl/α,β-unsaturated/α-hetero) is 1. The van der Waals surface area contributed by atoms with Crippen molar-refractivity contribution >= 4 is 33.5 Å². The smallest absolute Gasteiger partial charge is 0.293 e. The van der Waals surface area contributed by atoms with Gasteiger partial charge in [0.05, 0.1) is 12.1 Å². The van der Waals surface area contributed by atoms with E-state index in [1.807, 2.05) is 12.1 Å². The second-order valence-corrected chi connectivity index (χ2v) is 5.23. The second kappa shape index (κ2) is 5.73. The van der Waals surface area contributed by atoms with Crippen molar-refractivity contribution in [1.82, 2.24) is 4.57 Å². The molecule has 0 radical (unpaired) electrons. The Morgan fingerprint density at radius 1 is 1.05 bits per heavy atom. The number of hydrogen-bond acceptors (Lipinski definition) is 2. The third kappa shape index (κ3) is 2.53. The van der Waals surface area contributed by atoms with Crippen molar-refractivity contribution in [3.05, 3.63) is 71.7 Å². The molecule has 1 aromatic heterocycles. The van der Waals surface area contributed by atoms with Crippen LogP contribution in [0, 0.1) is 5.82 Å². The highest BCUT2D eigenvalue weighted by Crippen LogP contribution is 2.24. The van der Waals surface area contributed by atoms with Crippen molar-refractivity contribution in [2.45, 2.75) is 6.54 Å². The van der Waals surface area contributed by atoms with Crippen LogP contribution in [0.1, 0.15) is 15.9 Å². The van der Waals surface area contributed by atoms with E-state index in [1.165, 1.54) is 6.07 Å². The molecule has 0 bridgehead atoms. The molecule has 0 saturated carbocycles. The molecule has 1 heterocycles. The molecule has 3 rings (SSSR count). The van der Waals surface area contributed by atoms with Crippen LogP contribution in [0.4, 0.5) is 4.39 Å². The molecule has 0 atom stereocenters. The van der Waals surface area contributed by atoms with Gasteiger partial charge in [-0.2, -0.15) is 0 Å². The number of benzene rings is 2. The minimum Gasteiger partial charge on any atom is -0.342 e. The van der Waals surface area contributed by atoms with E-state index >= 15 is 0 Å². The van der Waals surface area contributed by atoms with Crippen LogP contribution in [0.5, 0.6) is 0 Å². The van der Waals surface area contributed by atoms with Crippen molar-refractivity contribution in [2.24, 2.45) is 0 Å². The van der Waals surface area contributed by atoms with Crippen molar-refractivity contribution in [3.63, 3.8) is 0 Å². The maximum absolute atomic E-state index is 13.8. The molecular weight excluding hydrogens is 305 g/mol. The Bertz CT molecular complexity index is 885. The average molecular weight is 316 g/mol. The van der Waals surface area contributed by atoms with Gasteiger partial charge >= 0.3 is 0 Å². The molecule has 0 unspecified atom stereocenters. The molecule has 5 heteroatoms. The lowest BCUT2D eigenvalue weighted by Crippen LogP contribution is -2.07. The van der Waals surface area contributed by atoms with Gasteiger partial charge in [-0.25, -0.2) is 4.39 Å². The van der Waals surface area contributed by atoms with Crippen molar-refractivity contribution in [3.8, 4) is 0 Å². The number of carbonyl (C=O) groups excluding carboxylic acids is 2. The second-order valence-electron chi connectivity index (χ2n) is 4.88. The lowest BCUT2D eigenvalue weighted by atomic mass is 10.1. The number of hydrogen-bond donors (Lipinski definition) is 0. The standard InChI is InChI=1S/C17H11ClFNO2/c18-17(22)16(21)13-10-20(15-8-4-2-6-12(13)15)9-11-5-1-3-7-14(11)19/h1-8,10H,9H2. The van der Waals surface area contributed by atoms with E-state index in [4.69, 9.17) is 11.6 Å². The fourth-order valence-electron chi connectivity index (χ4n) is 2.47. The van der Waals surface area contributed by atoms with Gasteiger partial charge in [0.15, 0.2) is 0 Å². The minimum absolute atomic E-state index is 0.229. The number of ketones is 1. The van der Waals surface area contributed by atoms with Crippen molar-refractivity contribution in [1.29, 1.82) is 0 Å². The fourth-order valence-corrected chi connectivity index (χ4v) is 2.58. The van der Waals surface area contributed by atoms with Gasteiger partial charge in [0, 0.05) is 22.7 Å². The number of aromatic nitrogens is 1. The molecular formula is C17H11ClFNO2. The topological polar surface area (TPSA) is 39.1 Å². The monoisotopic (exact) mass is 315 g/mol. The summed E-state index contributed by atoms with van der Waals surface area (Å²) >= 11 is 5.30. The van der Waals surface area contributed by atoms with E-state index in [-0.39, 0.29) is 17.9 Å². The summed E-state index contributed by atoms with van der Waals surface area (Å²) in [5.74, 6) is -1.08. The van der Waals surface area contributed by atoms with E-state index in [0.717, 1.165) is 5.52 Å². The van der Waals surface area contributed by atoms with Crippen LogP contribution in [0.25, 0.3) is 10.9 Å². The molecule has 0 saturated heterocycles. The van der Waals surface area contributed by atoms with Gasteiger partial charge in [-0.3, -0.25) is 9.59 Å². The van der Waals surface area contributed by atoms with Crippen molar-refractivity contribution in [2.75, 3.05) is 0 Å². The molecule has 0 amide bonds. The Hall–Kier alpha value is -2.46. The van der Waals surface area contributed by atoms with Crippen LogP contribution in [-0.4, -0.2) is 15.6 Å². The quantitative estimate of drug-likeness (QED) is 0.417. The Labute approximate surface area is 130 Å². The first-order valence-corrected chi connectivity index (χ1v) is 7.01. The Balaban J connectivity index is 2.13. The zero-order chi connectivity index (χ0) is 15.7. The number of halogens is 2. The maximum atomic E-state index is 13.8. The predicted molar refractivity (Wildman–Crippen MR) is 82.6 cm³/mol. The number of rotatable bonds is 4. The molecule has 22 heavy (non-hydrogen) atoms. The van der Waals surface area contributed by atoms with Crippen LogP contribution in [-0.2, 0) is 11.3 Å². The summed E-state index contributed by atoms with van der Waals surface area (Å²) < 4.78 is 15.6. The number of fused-ring (bicyclic) bond motifs is 1. The van der Waals surface area contributed by atoms with Gasteiger partial charge < -0.3 is 4.57 Å². The zero-order valence-corrected chi connectivity index (χ0v) is 12.2. The molecule has 0 aliphatic carbocycles. The Morgan fingerprint density at radius 3 is 2.45 bits per heavy atom. The van der Waals surface area contributed by atoms with Gasteiger partial charge in [0.25, 0.3) is 5.24 Å². The van der Waals surface area contributed by atoms with Crippen LogP contribution < -0.4 is 0 Å². The van der Waals surface area contributed by atoms with Gasteiger partial charge in [0.2, 0.25) is 5.78 Å². The Kier molecular flexibility index (Phi) is 3.77. The molecule has 0 aliphatic rings. The van der Waals surface area contributed by atoms with E-state index in [2.05, 4.69) is 0 Å².